The zero-order chi connectivity index (χ0) is 12.0. The van der Waals surface area contributed by atoms with Crippen LogP contribution in [-0.2, 0) is 9.53 Å². The van der Waals surface area contributed by atoms with Crippen molar-refractivity contribution in [3.63, 3.8) is 0 Å². The van der Waals surface area contributed by atoms with Crippen LogP contribution in [0, 0.1) is 0 Å². The van der Waals surface area contributed by atoms with E-state index in [-0.39, 0.29) is 18.1 Å². The Bertz CT molecular complexity index is 324. The summed E-state index contributed by atoms with van der Waals surface area (Å²) in [5.41, 5.74) is 1.22. The average molecular weight is 221 g/mol. The molecule has 0 spiro atoms. The van der Waals surface area contributed by atoms with Crippen molar-refractivity contribution in [2.75, 3.05) is 7.11 Å². The Morgan fingerprint density at radius 3 is 2.50 bits per heavy atom. The molecule has 16 heavy (non-hydrogen) atoms. The van der Waals surface area contributed by atoms with Gasteiger partial charge in [0, 0.05) is 12.1 Å². The number of hydrogen-bond donors (Lipinski definition) is 1. The molecule has 0 saturated heterocycles. The fourth-order valence-corrected chi connectivity index (χ4v) is 1.66. The number of benzene rings is 1. The lowest BCUT2D eigenvalue weighted by molar-refractivity contribution is -0.141. The average Bonchev–Trinajstić information content (AvgIpc) is 2.29. The summed E-state index contributed by atoms with van der Waals surface area (Å²) < 4.78 is 4.63. The predicted octanol–water partition coefficient (Wildman–Crippen LogP) is 2.29. The Kier molecular flexibility index (Phi) is 4.99. The molecule has 0 amide bonds. The Morgan fingerprint density at radius 1 is 1.31 bits per heavy atom. The topological polar surface area (TPSA) is 38.3 Å². The Balaban J connectivity index is 2.45. The quantitative estimate of drug-likeness (QED) is 0.775. The van der Waals surface area contributed by atoms with Gasteiger partial charge in [-0.05, 0) is 19.4 Å². The molecule has 0 bridgehead atoms. The van der Waals surface area contributed by atoms with Gasteiger partial charge in [0.15, 0.2) is 0 Å². The first-order valence-corrected chi connectivity index (χ1v) is 5.51. The summed E-state index contributed by atoms with van der Waals surface area (Å²) in [6.07, 6.45) is 0.397. The number of rotatable bonds is 5. The summed E-state index contributed by atoms with van der Waals surface area (Å²) in [5, 5.41) is 3.36. The van der Waals surface area contributed by atoms with Gasteiger partial charge in [-0.25, -0.2) is 0 Å². The van der Waals surface area contributed by atoms with Gasteiger partial charge in [-0.15, -0.1) is 0 Å². The summed E-state index contributed by atoms with van der Waals surface area (Å²) in [7, 11) is 1.41. The molecule has 0 heterocycles. The van der Waals surface area contributed by atoms with Gasteiger partial charge in [-0.2, -0.15) is 0 Å². The van der Waals surface area contributed by atoms with Gasteiger partial charge < -0.3 is 10.1 Å². The smallest absolute Gasteiger partial charge is 0.307 e. The minimum atomic E-state index is -0.180. The van der Waals surface area contributed by atoms with Crippen LogP contribution in [-0.4, -0.2) is 19.1 Å². The monoisotopic (exact) mass is 221 g/mol. The molecule has 3 heteroatoms. The molecule has 1 rings (SSSR count). The van der Waals surface area contributed by atoms with E-state index in [2.05, 4.69) is 29.1 Å². The number of ether oxygens (including phenoxy) is 1. The lowest BCUT2D eigenvalue weighted by atomic mass is 10.1. The Hall–Kier alpha value is -1.35. The highest BCUT2D eigenvalue weighted by Gasteiger charge is 2.12. The molecule has 0 unspecified atom stereocenters. The van der Waals surface area contributed by atoms with Crippen molar-refractivity contribution in [1.82, 2.24) is 5.32 Å². The highest BCUT2D eigenvalue weighted by Crippen LogP contribution is 2.12. The second-order valence-corrected chi connectivity index (χ2v) is 3.98. The van der Waals surface area contributed by atoms with Gasteiger partial charge in [0.25, 0.3) is 0 Å². The van der Waals surface area contributed by atoms with Crippen molar-refractivity contribution in [3.8, 4) is 0 Å². The number of nitrogens with one attached hydrogen (secondary N) is 1. The minimum Gasteiger partial charge on any atom is -0.469 e. The van der Waals surface area contributed by atoms with Gasteiger partial charge in [0.05, 0.1) is 13.5 Å². The SMILES string of the molecule is COC(=O)C[C@@H](C)N[C@H](C)c1ccccc1. The molecule has 0 saturated carbocycles. The second kappa shape index (κ2) is 6.28. The molecule has 1 aromatic carbocycles. The molecule has 0 aliphatic rings. The van der Waals surface area contributed by atoms with Crippen molar-refractivity contribution in [2.45, 2.75) is 32.4 Å². The third-order valence-corrected chi connectivity index (χ3v) is 2.53. The number of carbonyl (C=O) groups is 1. The molecule has 0 fully saturated rings. The van der Waals surface area contributed by atoms with E-state index in [1.165, 1.54) is 12.7 Å². The van der Waals surface area contributed by atoms with Gasteiger partial charge in [-0.3, -0.25) is 4.79 Å². The van der Waals surface area contributed by atoms with Gasteiger partial charge >= 0.3 is 5.97 Å². The van der Waals surface area contributed by atoms with E-state index in [1.54, 1.807) is 0 Å². The van der Waals surface area contributed by atoms with Crippen molar-refractivity contribution < 1.29 is 9.53 Å². The fourth-order valence-electron chi connectivity index (χ4n) is 1.66. The minimum absolute atomic E-state index is 0.114. The van der Waals surface area contributed by atoms with Crippen molar-refractivity contribution in [1.29, 1.82) is 0 Å². The van der Waals surface area contributed by atoms with Crippen LogP contribution in [0.1, 0.15) is 31.9 Å². The predicted molar refractivity (Wildman–Crippen MR) is 64.1 cm³/mol. The third-order valence-electron chi connectivity index (χ3n) is 2.53. The molecule has 2 atom stereocenters. The van der Waals surface area contributed by atoms with Crippen molar-refractivity contribution in [2.24, 2.45) is 0 Å². The number of carbonyl (C=O) groups excluding carboxylic acids is 1. The third kappa shape index (κ3) is 4.03. The lowest BCUT2D eigenvalue weighted by Crippen LogP contribution is -2.31. The standard InChI is InChI=1S/C13H19NO2/c1-10(9-13(15)16-3)14-11(2)12-7-5-4-6-8-12/h4-8,10-11,14H,9H2,1-3H3/t10-,11-/m1/s1. The number of hydrogen-bond acceptors (Lipinski definition) is 3. The molecule has 3 nitrogen and oxygen atoms in total. The van der Waals surface area contributed by atoms with Crippen LogP contribution in [0.25, 0.3) is 0 Å². The normalized spacial score (nSPS) is 14.2. The van der Waals surface area contributed by atoms with Crippen LogP contribution < -0.4 is 5.32 Å². The number of esters is 1. The van der Waals surface area contributed by atoms with Crippen LogP contribution >= 0.6 is 0 Å². The van der Waals surface area contributed by atoms with Crippen molar-refractivity contribution in [3.05, 3.63) is 35.9 Å². The summed E-state index contributed by atoms with van der Waals surface area (Å²) in [5.74, 6) is -0.180. The Morgan fingerprint density at radius 2 is 1.94 bits per heavy atom. The summed E-state index contributed by atoms with van der Waals surface area (Å²) in [6, 6.07) is 10.5. The molecular weight excluding hydrogens is 202 g/mol. The highest BCUT2D eigenvalue weighted by atomic mass is 16.5. The van der Waals surface area contributed by atoms with E-state index < -0.39 is 0 Å². The first-order valence-electron chi connectivity index (χ1n) is 5.51. The van der Waals surface area contributed by atoms with Crippen LogP contribution in [0.3, 0.4) is 0 Å². The molecule has 0 aliphatic carbocycles. The first kappa shape index (κ1) is 12.7. The molecule has 1 N–H and O–H groups in total. The first-order chi connectivity index (χ1) is 7.63. The maximum atomic E-state index is 11.1. The summed E-state index contributed by atoms with van der Waals surface area (Å²) in [4.78, 5) is 11.1. The van der Waals surface area contributed by atoms with Gasteiger partial charge in [-0.1, -0.05) is 30.3 Å². The molecule has 0 radical (unpaired) electrons. The zero-order valence-electron chi connectivity index (χ0n) is 10.1. The van der Waals surface area contributed by atoms with E-state index in [9.17, 15) is 4.79 Å². The van der Waals surface area contributed by atoms with E-state index >= 15 is 0 Å². The fraction of sp³-hybridized carbons (Fsp3) is 0.462. The van der Waals surface area contributed by atoms with E-state index in [0.29, 0.717) is 6.42 Å². The summed E-state index contributed by atoms with van der Waals surface area (Å²) >= 11 is 0. The van der Waals surface area contributed by atoms with Crippen LogP contribution in [0.2, 0.25) is 0 Å². The number of methoxy groups -OCH3 is 1. The second-order valence-electron chi connectivity index (χ2n) is 3.98. The van der Waals surface area contributed by atoms with Crippen molar-refractivity contribution >= 4 is 5.97 Å². The lowest BCUT2D eigenvalue weighted by Gasteiger charge is -2.19. The summed E-state index contributed by atoms with van der Waals surface area (Å²) in [6.45, 7) is 4.07. The van der Waals surface area contributed by atoms with Crippen LogP contribution in [0.4, 0.5) is 0 Å². The molecule has 88 valence electrons. The molecule has 0 aliphatic heterocycles. The van der Waals surface area contributed by atoms with E-state index in [0.717, 1.165) is 0 Å². The largest absolute Gasteiger partial charge is 0.469 e. The van der Waals surface area contributed by atoms with E-state index in [4.69, 9.17) is 0 Å². The maximum Gasteiger partial charge on any atom is 0.307 e. The van der Waals surface area contributed by atoms with E-state index in [1.807, 2.05) is 25.1 Å². The zero-order valence-corrected chi connectivity index (χ0v) is 10.1. The molecule has 0 aromatic heterocycles. The van der Waals surface area contributed by atoms with Crippen LogP contribution in [0.15, 0.2) is 30.3 Å². The molecule has 1 aromatic rings. The van der Waals surface area contributed by atoms with Crippen LogP contribution in [0.5, 0.6) is 0 Å². The van der Waals surface area contributed by atoms with Gasteiger partial charge in [0.2, 0.25) is 0 Å². The Labute approximate surface area is 96.8 Å². The maximum absolute atomic E-state index is 11.1. The highest BCUT2D eigenvalue weighted by molar-refractivity contribution is 5.69. The van der Waals surface area contributed by atoms with Gasteiger partial charge in [0.1, 0.15) is 0 Å². The molecular formula is C13H19NO2.